The van der Waals surface area contributed by atoms with E-state index in [2.05, 4.69) is 15.3 Å². The van der Waals surface area contributed by atoms with Gasteiger partial charge in [-0.3, -0.25) is 9.89 Å². The van der Waals surface area contributed by atoms with Crippen molar-refractivity contribution in [2.45, 2.75) is 13.8 Å². The summed E-state index contributed by atoms with van der Waals surface area (Å²) in [6.07, 6.45) is 0. The Morgan fingerprint density at radius 2 is 1.83 bits per heavy atom. The number of aromatic nitrogens is 2. The third kappa shape index (κ3) is 3.10. The fourth-order valence-electron chi connectivity index (χ4n) is 2.26. The highest BCUT2D eigenvalue weighted by atomic mass is 35.5. The monoisotopic (exact) mass is 326 g/mol. The van der Waals surface area contributed by atoms with Crippen molar-refractivity contribution in [3.63, 3.8) is 0 Å². The first-order valence-electron chi connectivity index (χ1n) is 7.11. The van der Waals surface area contributed by atoms with Crippen LogP contribution in [0.3, 0.4) is 0 Å². The predicted molar refractivity (Wildman–Crippen MR) is 91.5 cm³/mol. The van der Waals surface area contributed by atoms with Crippen molar-refractivity contribution in [1.29, 1.82) is 0 Å². The molecule has 0 bridgehead atoms. The molecule has 0 aliphatic heterocycles. The molecule has 1 aromatic heterocycles. The van der Waals surface area contributed by atoms with E-state index >= 15 is 0 Å². The number of nitrogens with one attached hydrogen (secondary N) is 1. The molecule has 0 amide bonds. The largest absolute Gasteiger partial charge is 0.299 e. The van der Waals surface area contributed by atoms with E-state index in [0.29, 0.717) is 22.1 Å². The maximum Gasteiger partial charge on any atom is 0.299 e. The van der Waals surface area contributed by atoms with E-state index in [9.17, 15) is 4.79 Å². The van der Waals surface area contributed by atoms with E-state index in [0.717, 1.165) is 5.56 Å². The first-order valence-corrected chi connectivity index (χ1v) is 7.49. The van der Waals surface area contributed by atoms with Gasteiger partial charge in [0, 0.05) is 0 Å². The zero-order valence-corrected chi connectivity index (χ0v) is 13.5. The summed E-state index contributed by atoms with van der Waals surface area (Å²) < 4.78 is 1.38. The first kappa shape index (κ1) is 15.2. The number of azo groups is 1. The predicted octanol–water partition coefficient (Wildman–Crippen LogP) is 4.85. The molecular weight excluding hydrogens is 312 g/mol. The molecule has 0 saturated heterocycles. The quantitative estimate of drug-likeness (QED) is 0.687. The molecular formula is C17H15ClN4O. The van der Waals surface area contributed by atoms with Gasteiger partial charge in [0.15, 0.2) is 5.69 Å². The number of rotatable bonds is 3. The van der Waals surface area contributed by atoms with Gasteiger partial charge in [-0.2, -0.15) is 5.11 Å². The Bertz CT molecular complexity index is 940. The third-order valence-electron chi connectivity index (χ3n) is 3.40. The van der Waals surface area contributed by atoms with Crippen molar-refractivity contribution in [3.8, 4) is 5.69 Å². The summed E-state index contributed by atoms with van der Waals surface area (Å²) in [5.74, 6) is 0. The minimum Gasteiger partial charge on any atom is -0.293 e. The van der Waals surface area contributed by atoms with Crippen LogP contribution in [0.2, 0.25) is 5.02 Å². The van der Waals surface area contributed by atoms with Gasteiger partial charge in [0.05, 0.1) is 22.1 Å². The Morgan fingerprint density at radius 1 is 1.04 bits per heavy atom. The molecule has 3 rings (SSSR count). The van der Waals surface area contributed by atoms with Crippen LogP contribution in [-0.2, 0) is 0 Å². The van der Waals surface area contributed by atoms with Crippen LogP contribution in [0.25, 0.3) is 5.69 Å². The molecule has 5 nitrogen and oxygen atoms in total. The fraction of sp³-hybridized carbons (Fsp3) is 0.118. The molecule has 0 unspecified atom stereocenters. The summed E-state index contributed by atoms with van der Waals surface area (Å²) in [5.41, 5.74) is 2.99. The van der Waals surface area contributed by atoms with E-state index in [1.165, 1.54) is 4.68 Å². The van der Waals surface area contributed by atoms with Gasteiger partial charge in [-0.1, -0.05) is 35.9 Å². The average Bonchev–Trinajstić information content (AvgIpc) is 2.80. The zero-order valence-electron chi connectivity index (χ0n) is 12.7. The van der Waals surface area contributed by atoms with Crippen LogP contribution in [0, 0.1) is 13.8 Å². The molecule has 6 heteroatoms. The molecule has 0 atom stereocenters. The van der Waals surface area contributed by atoms with Gasteiger partial charge in [-0.15, -0.1) is 5.11 Å². The van der Waals surface area contributed by atoms with Gasteiger partial charge < -0.3 is 0 Å². The lowest BCUT2D eigenvalue weighted by atomic mass is 10.2. The van der Waals surface area contributed by atoms with E-state index in [4.69, 9.17) is 11.6 Å². The van der Waals surface area contributed by atoms with Gasteiger partial charge in [0.1, 0.15) is 0 Å². The topological polar surface area (TPSA) is 62.5 Å². The Morgan fingerprint density at radius 3 is 2.57 bits per heavy atom. The summed E-state index contributed by atoms with van der Waals surface area (Å²) >= 11 is 6.15. The number of hydrogen-bond acceptors (Lipinski definition) is 3. The maximum absolute atomic E-state index is 12.5. The lowest BCUT2D eigenvalue weighted by Crippen LogP contribution is -2.14. The smallest absolute Gasteiger partial charge is 0.293 e. The van der Waals surface area contributed by atoms with Crippen LogP contribution in [0.5, 0.6) is 0 Å². The van der Waals surface area contributed by atoms with E-state index in [1.807, 2.05) is 43.3 Å². The number of H-pyrrole nitrogens is 1. The summed E-state index contributed by atoms with van der Waals surface area (Å²) in [7, 11) is 0. The van der Waals surface area contributed by atoms with Crippen LogP contribution >= 0.6 is 11.6 Å². The molecule has 0 saturated carbocycles. The molecule has 0 fully saturated rings. The van der Waals surface area contributed by atoms with Crippen molar-refractivity contribution in [2.24, 2.45) is 10.2 Å². The molecule has 0 spiro atoms. The Balaban J connectivity index is 2.02. The minimum atomic E-state index is -0.285. The minimum absolute atomic E-state index is 0.270. The number of halogens is 1. The summed E-state index contributed by atoms with van der Waals surface area (Å²) in [4.78, 5) is 12.5. The lowest BCUT2D eigenvalue weighted by Gasteiger charge is -2.02. The molecule has 3 aromatic rings. The first-order chi connectivity index (χ1) is 11.1. The maximum atomic E-state index is 12.5. The van der Waals surface area contributed by atoms with Crippen LogP contribution in [0.1, 0.15) is 11.3 Å². The van der Waals surface area contributed by atoms with Crippen molar-refractivity contribution < 1.29 is 0 Å². The van der Waals surface area contributed by atoms with Crippen molar-refractivity contribution >= 4 is 23.0 Å². The van der Waals surface area contributed by atoms with E-state index in [-0.39, 0.29) is 11.2 Å². The standard InChI is InChI=1S/C17H15ClN4O/c1-11-6-5-7-13(10-11)19-20-16-12(2)21-22(17(16)23)15-9-4-3-8-14(15)18/h3-10,21H,1-2H3. The second kappa shape index (κ2) is 6.22. The van der Waals surface area contributed by atoms with Crippen LogP contribution in [-0.4, -0.2) is 9.78 Å². The average molecular weight is 327 g/mol. The van der Waals surface area contributed by atoms with E-state index < -0.39 is 0 Å². The fourth-order valence-corrected chi connectivity index (χ4v) is 2.48. The van der Waals surface area contributed by atoms with Crippen molar-refractivity contribution in [1.82, 2.24) is 9.78 Å². The van der Waals surface area contributed by atoms with Crippen molar-refractivity contribution in [3.05, 3.63) is 75.2 Å². The molecule has 1 heterocycles. The molecule has 2 aromatic carbocycles. The van der Waals surface area contributed by atoms with Gasteiger partial charge >= 0.3 is 0 Å². The number of para-hydroxylation sites is 1. The molecule has 0 aliphatic carbocycles. The van der Waals surface area contributed by atoms with Gasteiger partial charge in [0.25, 0.3) is 5.56 Å². The van der Waals surface area contributed by atoms with Gasteiger partial charge in [0.2, 0.25) is 0 Å². The normalized spacial score (nSPS) is 11.3. The highest BCUT2D eigenvalue weighted by Gasteiger charge is 2.13. The van der Waals surface area contributed by atoms with Crippen LogP contribution in [0.15, 0.2) is 63.6 Å². The molecule has 1 N–H and O–H groups in total. The Labute approximate surface area is 138 Å². The van der Waals surface area contributed by atoms with Gasteiger partial charge in [-0.25, -0.2) is 4.68 Å². The Hall–Kier alpha value is -2.66. The molecule has 0 radical (unpaired) electrons. The summed E-state index contributed by atoms with van der Waals surface area (Å²) in [6.45, 7) is 3.75. The summed E-state index contributed by atoms with van der Waals surface area (Å²) in [5, 5.41) is 11.7. The number of benzene rings is 2. The summed E-state index contributed by atoms with van der Waals surface area (Å²) in [6, 6.07) is 14.7. The molecule has 116 valence electrons. The second-order valence-corrected chi connectivity index (χ2v) is 5.62. The highest BCUT2D eigenvalue weighted by Crippen LogP contribution is 2.22. The number of hydrogen-bond donors (Lipinski definition) is 1. The van der Waals surface area contributed by atoms with Gasteiger partial charge in [-0.05, 0) is 43.7 Å². The zero-order chi connectivity index (χ0) is 16.4. The third-order valence-corrected chi connectivity index (χ3v) is 3.72. The van der Waals surface area contributed by atoms with Crippen LogP contribution < -0.4 is 5.56 Å². The number of aromatic amines is 1. The van der Waals surface area contributed by atoms with Crippen LogP contribution in [0.4, 0.5) is 11.4 Å². The molecule has 23 heavy (non-hydrogen) atoms. The number of nitrogens with zero attached hydrogens (tertiary/aromatic N) is 3. The highest BCUT2D eigenvalue weighted by molar-refractivity contribution is 6.32. The second-order valence-electron chi connectivity index (χ2n) is 5.22. The Kier molecular flexibility index (Phi) is 4.12. The van der Waals surface area contributed by atoms with Crippen molar-refractivity contribution in [2.75, 3.05) is 0 Å². The lowest BCUT2D eigenvalue weighted by molar-refractivity contribution is 0.835. The SMILES string of the molecule is Cc1cccc(N=Nc2c(C)[nH]n(-c3ccccc3Cl)c2=O)c1. The van der Waals surface area contributed by atoms with E-state index in [1.54, 1.807) is 19.1 Å². The number of aryl methyl sites for hydroxylation is 2. The molecule has 0 aliphatic rings.